The summed E-state index contributed by atoms with van der Waals surface area (Å²) in [6.45, 7) is 3.60. The van der Waals surface area contributed by atoms with Crippen LogP contribution < -0.4 is 0 Å². The molecule has 0 aromatic carbocycles. The number of aliphatic hydroxyl groups excluding tert-OH is 3. The van der Waals surface area contributed by atoms with Crippen molar-refractivity contribution in [2.75, 3.05) is 6.61 Å². The normalized spacial score (nSPS) is 26.3. The predicted molar refractivity (Wildman–Crippen MR) is 146 cm³/mol. The minimum atomic E-state index is -2.29. The fraction of sp³-hybridized carbons (Fsp3) is 0.862. The summed E-state index contributed by atoms with van der Waals surface area (Å²) in [5.41, 5.74) is -2.29. The number of allylic oxidation sites excluding steroid dienone is 1. The van der Waals surface area contributed by atoms with Crippen LogP contribution in [0.3, 0.4) is 0 Å². The van der Waals surface area contributed by atoms with Crippen molar-refractivity contribution in [1.29, 1.82) is 0 Å². The second-order valence-electron chi connectivity index (χ2n) is 10.7. The van der Waals surface area contributed by atoms with Gasteiger partial charge >= 0.3 is 11.9 Å². The van der Waals surface area contributed by atoms with E-state index in [4.69, 9.17) is 9.47 Å². The molecule has 0 radical (unpaired) electrons. The summed E-state index contributed by atoms with van der Waals surface area (Å²) < 4.78 is 11.8. The Morgan fingerprint density at radius 3 is 1.97 bits per heavy atom. The maximum atomic E-state index is 11.4. The molecule has 0 saturated carbocycles. The van der Waals surface area contributed by atoms with E-state index in [1.54, 1.807) is 0 Å². The number of aliphatic carboxylic acids is 2. The highest BCUT2D eigenvalue weighted by atomic mass is 16.7. The molecule has 228 valence electrons. The lowest BCUT2D eigenvalue weighted by Gasteiger charge is -2.48. The molecule has 1 aliphatic rings. The molecule has 6 atom stereocenters. The van der Waals surface area contributed by atoms with Crippen molar-refractivity contribution in [2.24, 2.45) is 5.92 Å². The molecule has 0 amide bonds. The van der Waals surface area contributed by atoms with Gasteiger partial charge in [-0.25, -0.2) is 0 Å². The molecule has 39 heavy (non-hydrogen) atoms. The highest BCUT2D eigenvalue weighted by molar-refractivity contribution is 5.92. The second kappa shape index (κ2) is 19.5. The van der Waals surface area contributed by atoms with Crippen molar-refractivity contribution in [1.82, 2.24) is 0 Å². The molecule has 0 aliphatic carbocycles. The van der Waals surface area contributed by atoms with E-state index in [2.05, 4.69) is 6.92 Å². The molecule has 1 aliphatic heterocycles. The van der Waals surface area contributed by atoms with Crippen LogP contribution in [0.1, 0.15) is 110 Å². The highest BCUT2D eigenvalue weighted by Gasteiger charge is 2.56. The lowest BCUT2D eigenvalue weighted by molar-refractivity contribution is -0.349. The molecule has 0 aromatic heterocycles. The maximum absolute atomic E-state index is 11.4. The van der Waals surface area contributed by atoms with Crippen molar-refractivity contribution in [3.05, 3.63) is 12.2 Å². The van der Waals surface area contributed by atoms with E-state index in [1.807, 2.05) is 19.1 Å². The summed E-state index contributed by atoms with van der Waals surface area (Å²) in [7, 11) is 0. The zero-order valence-corrected chi connectivity index (χ0v) is 23.7. The molecule has 1 saturated heterocycles. The molecule has 1 heterocycles. The molecule has 1 unspecified atom stereocenters. The van der Waals surface area contributed by atoms with E-state index in [0.717, 1.165) is 32.1 Å². The van der Waals surface area contributed by atoms with Gasteiger partial charge in [0.2, 0.25) is 0 Å². The smallest absolute Gasteiger partial charge is 0.317 e. The Hall–Kier alpha value is -1.56. The van der Waals surface area contributed by atoms with Crippen LogP contribution in [0.15, 0.2) is 12.2 Å². The third-order valence-electron chi connectivity index (χ3n) is 7.48. The van der Waals surface area contributed by atoms with Gasteiger partial charge in [0.25, 0.3) is 0 Å². The average Bonchev–Trinajstić information content (AvgIpc) is 2.89. The third kappa shape index (κ3) is 12.2. The van der Waals surface area contributed by atoms with E-state index in [1.165, 1.54) is 44.9 Å². The number of carbonyl (C=O) groups is 2. The van der Waals surface area contributed by atoms with Gasteiger partial charge in [0.05, 0.1) is 12.7 Å². The fourth-order valence-corrected chi connectivity index (χ4v) is 4.91. The van der Waals surface area contributed by atoms with Crippen LogP contribution in [0, 0.1) is 5.92 Å². The Kier molecular flexibility index (Phi) is 17.7. The molecule has 6 N–H and O–H groups in total. The minimum absolute atomic E-state index is 0.501. The number of carboxylic acids is 2. The van der Waals surface area contributed by atoms with Crippen LogP contribution in [-0.2, 0) is 19.1 Å². The minimum Gasteiger partial charge on any atom is -0.481 e. The molecule has 0 aromatic rings. The summed E-state index contributed by atoms with van der Waals surface area (Å²) in [4.78, 5) is 22.7. The summed E-state index contributed by atoms with van der Waals surface area (Å²) in [6, 6.07) is 0. The predicted octanol–water partition coefficient (Wildman–Crippen LogP) is 3.77. The lowest BCUT2D eigenvalue weighted by atomic mass is 9.81. The van der Waals surface area contributed by atoms with Crippen molar-refractivity contribution < 1.29 is 49.7 Å². The Morgan fingerprint density at radius 1 is 0.897 bits per heavy atom. The van der Waals surface area contributed by atoms with Crippen LogP contribution in [-0.4, -0.2) is 85.5 Å². The number of aliphatic hydroxyl groups is 4. The van der Waals surface area contributed by atoms with Crippen LogP contribution in [0.25, 0.3) is 0 Å². The van der Waals surface area contributed by atoms with Crippen molar-refractivity contribution in [3.8, 4) is 0 Å². The number of hydrogen-bond donors (Lipinski definition) is 6. The first-order valence-electron chi connectivity index (χ1n) is 14.7. The maximum Gasteiger partial charge on any atom is 0.317 e. The monoisotopic (exact) mass is 560 g/mol. The van der Waals surface area contributed by atoms with Gasteiger partial charge in [-0.3, -0.25) is 9.59 Å². The fourth-order valence-electron chi connectivity index (χ4n) is 4.91. The van der Waals surface area contributed by atoms with E-state index >= 15 is 0 Å². The van der Waals surface area contributed by atoms with Crippen molar-refractivity contribution in [3.63, 3.8) is 0 Å². The number of ether oxygens (including phenoxy) is 2. The van der Waals surface area contributed by atoms with E-state index in [0.29, 0.717) is 6.42 Å². The number of rotatable bonds is 22. The van der Waals surface area contributed by atoms with E-state index in [9.17, 15) is 40.2 Å². The molecule has 1 rings (SSSR count). The van der Waals surface area contributed by atoms with Gasteiger partial charge in [0.1, 0.15) is 23.9 Å². The molecule has 10 heteroatoms. The first-order valence-corrected chi connectivity index (χ1v) is 14.7. The number of carboxylic acid groups (broad SMARTS) is 2. The Labute approximate surface area is 233 Å². The van der Waals surface area contributed by atoms with Gasteiger partial charge in [-0.05, 0) is 25.7 Å². The van der Waals surface area contributed by atoms with E-state index in [-0.39, 0.29) is 0 Å². The quantitative estimate of drug-likeness (QED) is 0.0649. The Balaban J connectivity index is 2.86. The lowest BCUT2D eigenvalue weighted by Crippen LogP contribution is -2.67. The van der Waals surface area contributed by atoms with Gasteiger partial charge < -0.3 is 40.1 Å². The van der Waals surface area contributed by atoms with Crippen LogP contribution in [0.4, 0.5) is 0 Å². The van der Waals surface area contributed by atoms with Crippen LogP contribution >= 0.6 is 0 Å². The zero-order chi connectivity index (χ0) is 29.3. The van der Waals surface area contributed by atoms with Gasteiger partial charge in [-0.1, -0.05) is 96.6 Å². The van der Waals surface area contributed by atoms with Gasteiger partial charge in [-0.15, -0.1) is 0 Å². The molecule has 0 spiro atoms. The molecule has 10 nitrogen and oxygen atoms in total. The summed E-state index contributed by atoms with van der Waals surface area (Å²) in [5, 5.41) is 60.7. The summed E-state index contributed by atoms with van der Waals surface area (Å²) in [6.07, 6.45) is 10.1. The first-order chi connectivity index (χ1) is 18.6. The van der Waals surface area contributed by atoms with Crippen LogP contribution in [0.2, 0.25) is 0 Å². The molecular formula is C29H52O10. The first kappa shape index (κ1) is 35.5. The van der Waals surface area contributed by atoms with Gasteiger partial charge in [0.15, 0.2) is 12.2 Å². The SMILES string of the molecule is CCCC=CC(CCCCCCCCCCCC)O[C@@H]1O[C@H](CO)[C@H](O)[C@H](O)[C@]1(O)CCC(C(=O)O)C(=O)O. The average molecular weight is 561 g/mol. The van der Waals surface area contributed by atoms with Gasteiger partial charge in [-0.2, -0.15) is 0 Å². The van der Waals surface area contributed by atoms with Crippen molar-refractivity contribution in [2.45, 2.75) is 146 Å². The third-order valence-corrected chi connectivity index (χ3v) is 7.48. The summed E-state index contributed by atoms with van der Waals surface area (Å²) >= 11 is 0. The highest BCUT2D eigenvalue weighted by Crippen LogP contribution is 2.36. The Morgan fingerprint density at radius 2 is 1.46 bits per heavy atom. The second-order valence-corrected chi connectivity index (χ2v) is 10.7. The van der Waals surface area contributed by atoms with E-state index < -0.39 is 73.6 Å². The molecular weight excluding hydrogens is 508 g/mol. The largest absolute Gasteiger partial charge is 0.481 e. The number of unbranched alkanes of at least 4 members (excludes halogenated alkanes) is 10. The standard InChI is InChI=1S/C29H52O10/c1-3-5-7-8-9-10-11-12-13-15-17-21(16-14-6-4-2)38-28-29(37,19-18-22(26(33)34)27(35)36)25(32)24(31)23(20-30)39-28/h14,16,21-25,28,30-32,37H,3-13,15,17-20H2,1-2H3,(H,33,34)(H,35,36)/t21?,23-,24+,25+,28-,29-/m1/s1. The summed E-state index contributed by atoms with van der Waals surface area (Å²) in [5.74, 6) is -4.98. The molecule has 0 bridgehead atoms. The number of hydrogen-bond acceptors (Lipinski definition) is 8. The van der Waals surface area contributed by atoms with Crippen molar-refractivity contribution >= 4 is 11.9 Å². The van der Waals surface area contributed by atoms with Crippen LogP contribution in [0.5, 0.6) is 0 Å². The zero-order valence-electron chi connectivity index (χ0n) is 23.7. The Bertz CT molecular complexity index is 700. The molecule has 1 fully saturated rings. The topological polar surface area (TPSA) is 174 Å². The van der Waals surface area contributed by atoms with Gasteiger partial charge in [0, 0.05) is 0 Å².